The highest BCUT2D eigenvalue weighted by Crippen LogP contribution is 2.72. The second-order valence-corrected chi connectivity index (χ2v) is 9.78. The number of carboxylic acids is 1. The van der Waals surface area contributed by atoms with Gasteiger partial charge in [0.1, 0.15) is 0 Å². The van der Waals surface area contributed by atoms with Gasteiger partial charge in [-0.05, 0) is 92.8 Å². The van der Waals surface area contributed by atoms with Crippen molar-refractivity contribution in [2.24, 2.45) is 39.9 Å². The van der Waals surface area contributed by atoms with Gasteiger partial charge in [-0.3, -0.25) is 4.79 Å². The van der Waals surface area contributed by atoms with Crippen molar-refractivity contribution in [3.05, 3.63) is 0 Å². The zero-order valence-corrected chi connectivity index (χ0v) is 14.7. The first-order valence-electron chi connectivity index (χ1n) is 9.70. The van der Waals surface area contributed by atoms with Crippen molar-refractivity contribution in [1.29, 1.82) is 0 Å². The van der Waals surface area contributed by atoms with E-state index in [1.165, 1.54) is 38.5 Å². The molecule has 0 saturated heterocycles. The van der Waals surface area contributed by atoms with Crippen molar-refractivity contribution in [3.8, 4) is 0 Å². The van der Waals surface area contributed by atoms with Gasteiger partial charge in [0.2, 0.25) is 0 Å². The summed E-state index contributed by atoms with van der Waals surface area (Å²) in [7, 11) is 0. The lowest BCUT2D eigenvalue weighted by atomic mass is 9.41. The summed E-state index contributed by atoms with van der Waals surface area (Å²) < 4.78 is 0. The van der Waals surface area contributed by atoms with E-state index < -0.39 is 11.4 Å². The molecule has 3 nitrogen and oxygen atoms in total. The Morgan fingerprint density at radius 3 is 2.52 bits per heavy atom. The van der Waals surface area contributed by atoms with Crippen LogP contribution < -0.4 is 0 Å². The molecule has 130 valence electrons. The van der Waals surface area contributed by atoms with E-state index in [0.717, 1.165) is 25.2 Å². The third kappa shape index (κ3) is 1.95. The monoisotopic (exact) mass is 320 g/mol. The fraction of sp³-hybridized carbons (Fsp3) is 0.950. The van der Waals surface area contributed by atoms with Crippen molar-refractivity contribution in [3.63, 3.8) is 0 Å². The van der Waals surface area contributed by atoms with Crippen molar-refractivity contribution < 1.29 is 15.0 Å². The number of aliphatic carboxylic acids is 1. The zero-order chi connectivity index (χ0) is 16.5. The molecule has 0 heterocycles. The van der Waals surface area contributed by atoms with Crippen LogP contribution in [-0.4, -0.2) is 22.8 Å². The highest BCUT2D eigenvalue weighted by molar-refractivity contribution is 5.75. The first-order chi connectivity index (χ1) is 10.9. The average Bonchev–Trinajstić information content (AvgIpc) is 2.77. The fourth-order valence-electron chi connectivity index (χ4n) is 8.06. The molecule has 4 saturated carbocycles. The van der Waals surface area contributed by atoms with Gasteiger partial charge < -0.3 is 10.2 Å². The summed E-state index contributed by atoms with van der Waals surface area (Å²) in [5, 5.41) is 19.7. The molecule has 2 N–H and O–H groups in total. The summed E-state index contributed by atoms with van der Waals surface area (Å²) in [6.45, 7) is 4.80. The summed E-state index contributed by atoms with van der Waals surface area (Å²) in [6, 6.07) is 0. The molecule has 0 amide bonds. The number of fused-ring (bicyclic) bond motifs is 3. The predicted octanol–water partition coefficient (Wildman–Crippen LogP) is 4.09. The molecule has 4 rings (SSSR count). The Balaban J connectivity index is 1.71. The molecular weight excluding hydrogens is 288 g/mol. The van der Waals surface area contributed by atoms with Crippen LogP contribution in [0.1, 0.15) is 71.6 Å². The number of rotatable bonds is 2. The molecule has 2 bridgehead atoms. The number of aliphatic hydroxyl groups excluding tert-OH is 1. The normalized spacial score (nSPS) is 55.1. The minimum atomic E-state index is -0.572. The molecule has 23 heavy (non-hydrogen) atoms. The van der Waals surface area contributed by atoms with Crippen LogP contribution in [-0.2, 0) is 4.79 Å². The zero-order valence-electron chi connectivity index (χ0n) is 14.7. The van der Waals surface area contributed by atoms with Crippen LogP contribution in [0, 0.1) is 39.9 Å². The SMILES string of the molecule is C[C@]12CCC[C@](C)(C(=O)O)[C@@H]1CC[C@@]13C[C@@H](CO)[C@@H](CC[C@H]12)C3. The summed E-state index contributed by atoms with van der Waals surface area (Å²) >= 11 is 0. The molecule has 0 aliphatic heterocycles. The fourth-order valence-corrected chi connectivity index (χ4v) is 8.06. The third-order valence-electron chi connectivity index (χ3n) is 9.00. The molecule has 0 aromatic heterocycles. The van der Waals surface area contributed by atoms with Crippen LogP contribution in [0.4, 0.5) is 0 Å². The van der Waals surface area contributed by atoms with Gasteiger partial charge in [0.05, 0.1) is 5.41 Å². The second-order valence-electron chi connectivity index (χ2n) is 9.78. The Morgan fingerprint density at radius 2 is 1.83 bits per heavy atom. The Kier molecular flexibility index (Phi) is 3.44. The lowest BCUT2D eigenvalue weighted by Gasteiger charge is -2.63. The van der Waals surface area contributed by atoms with Gasteiger partial charge in [-0.25, -0.2) is 0 Å². The van der Waals surface area contributed by atoms with E-state index in [4.69, 9.17) is 0 Å². The summed E-state index contributed by atoms with van der Waals surface area (Å²) in [5.41, 5.74) is 0.0811. The minimum Gasteiger partial charge on any atom is -0.481 e. The van der Waals surface area contributed by atoms with Gasteiger partial charge in [0.25, 0.3) is 0 Å². The van der Waals surface area contributed by atoms with Crippen molar-refractivity contribution >= 4 is 5.97 Å². The van der Waals surface area contributed by atoms with Gasteiger partial charge in [-0.1, -0.05) is 13.3 Å². The van der Waals surface area contributed by atoms with Gasteiger partial charge >= 0.3 is 5.97 Å². The lowest BCUT2D eigenvalue weighted by molar-refractivity contribution is -0.181. The Labute approximate surface area is 139 Å². The quantitative estimate of drug-likeness (QED) is 0.805. The lowest BCUT2D eigenvalue weighted by Crippen LogP contribution is -2.58. The van der Waals surface area contributed by atoms with Gasteiger partial charge in [0, 0.05) is 6.61 Å². The number of aliphatic hydroxyl groups is 1. The highest BCUT2D eigenvalue weighted by atomic mass is 16.4. The highest BCUT2D eigenvalue weighted by Gasteiger charge is 2.65. The number of hydrogen-bond acceptors (Lipinski definition) is 2. The molecule has 4 aliphatic rings. The Morgan fingerprint density at radius 1 is 1.04 bits per heavy atom. The number of hydrogen-bond donors (Lipinski definition) is 2. The van der Waals surface area contributed by atoms with Crippen molar-refractivity contribution in [1.82, 2.24) is 0 Å². The molecule has 0 unspecified atom stereocenters. The standard InChI is InChI=1S/C20H32O3/c1-18-7-3-8-19(2,17(22)23)15(18)6-9-20-10-13(4-5-16(18)20)14(11-20)12-21/h13-16,21H,3-12H2,1-2H3,(H,22,23)/t13-,14-,15+,16-,18-,19-,20+/m0/s1. The second kappa shape index (κ2) is 4.97. The summed E-state index contributed by atoms with van der Waals surface area (Å²) in [4.78, 5) is 12.1. The Hall–Kier alpha value is -0.570. The van der Waals surface area contributed by atoms with Crippen LogP contribution in [0.3, 0.4) is 0 Å². The largest absolute Gasteiger partial charge is 0.481 e. The van der Waals surface area contributed by atoms with E-state index in [1.807, 2.05) is 6.92 Å². The topological polar surface area (TPSA) is 57.5 Å². The predicted molar refractivity (Wildman–Crippen MR) is 88.9 cm³/mol. The summed E-state index contributed by atoms with van der Waals surface area (Å²) in [5.74, 6) is 1.68. The number of carboxylic acid groups (broad SMARTS) is 1. The van der Waals surface area contributed by atoms with E-state index in [9.17, 15) is 15.0 Å². The molecule has 4 fully saturated rings. The summed E-state index contributed by atoms with van der Waals surface area (Å²) in [6.07, 6.45) is 10.4. The van der Waals surface area contributed by atoms with Gasteiger partial charge in [-0.15, -0.1) is 0 Å². The van der Waals surface area contributed by atoms with Crippen LogP contribution in [0.15, 0.2) is 0 Å². The third-order valence-corrected chi connectivity index (χ3v) is 9.00. The molecule has 4 aliphatic carbocycles. The number of carbonyl (C=O) groups is 1. The van der Waals surface area contributed by atoms with Gasteiger partial charge in [-0.2, -0.15) is 0 Å². The molecule has 1 spiro atoms. The van der Waals surface area contributed by atoms with Gasteiger partial charge in [0.15, 0.2) is 0 Å². The van der Waals surface area contributed by atoms with E-state index in [1.54, 1.807) is 0 Å². The first-order valence-corrected chi connectivity index (χ1v) is 9.70. The maximum atomic E-state index is 12.1. The average molecular weight is 320 g/mol. The first kappa shape index (κ1) is 15.9. The molecular formula is C20H32O3. The minimum absolute atomic E-state index is 0.193. The molecule has 0 aromatic rings. The van der Waals surface area contributed by atoms with Crippen LogP contribution >= 0.6 is 0 Å². The van der Waals surface area contributed by atoms with E-state index in [-0.39, 0.29) is 5.41 Å². The molecule has 0 aromatic carbocycles. The van der Waals surface area contributed by atoms with E-state index in [2.05, 4.69) is 6.92 Å². The van der Waals surface area contributed by atoms with Crippen molar-refractivity contribution in [2.45, 2.75) is 71.6 Å². The molecule has 3 heteroatoms. The van der Waals surface area contributed by atoms with E-state index >= 15 is 0 Å². The maximum absolute atomic E-state index is 12.1. The van der Waals surface area contributed by atoms with Crippen LogP contribution in [0.2, 0.25) is 0 Å². The van der Waals surface area contributed by atoms with E-state index in [0.29, 0.717) is 29.8 Å². The van der Waals surface area contributed by atoms with Crippen molar-refractivity contribution in [2.75, 3.05) is 6.61 Å². The van der Waals surface area contributed by atoms with Crippen LogP contribution in [0.25, 0.3) is 0 Å². The molecule has 7 atom stereocenters. The smallest absolute Gasteiger partial charge is 0.309 e. The molecule has 0 radical (unpaired) electrons. The van der Waals surface area contributed by atoms with Crippen LogP contribution in [0.5, 0.6) is 0 Å². The maximum Gasteiger partial charge on any atom is 0.309 e. The Bertz CT molecular complexity index is 517.